The van der Waals surface area contributed by atoms with Gasteiger partial charge in [0.05, 0.1) is 25.6 Å². The van der Waals surface area contributed by atoms with E-state index in [2.05, 4.69) is 0 Å². The highest BCUT2D eigenvalue weighted by molar-refractivity contribution is 7.81. The highest BCUT2D eigenvalue weighted by atomic mass is 32.1. The van der Waals surface area contributed by atoms with Crippen LogP contribution in [-0.2, 0) is 14.4 Å². The largest absolute Gasteiger partial charge is 0.497 e. The maximum Gasteiger partial charge on any atom is 0.341 e. The molecule has 0 aromatic heterocycles. The molecule has 0 unspecified atom stereocenters. The van der Waals surface area contributed by atoms with Crippen LogP contribution in [0.25, 0.3) is 6.08 Å². The average Bonchev–Trinajstić information content (AvgIpc) is 2.91. The quantitative estimate of drug-likeness (QED) is 0.272. The molecule has 0 atom stereocenters. The fourth-order valence-electron chi connectivity index (χ4n) is 3.62. The van der Waals surface area contributed by atoms with Crippen LogP contribution >= 0.6 is 12.2 Å². The van der Waals surface area contributed by atoms with Crippen LogP contribution in [0.4, 0.5) is 11.4 Å². The van der Waals surface area contributed by atoms with Crippen LogP contribution in [0.3, 0.4) is 0 Å². The molecule has 9 nitrogen and oxygen atoms in total. The third-order valence-electron chi connectivity index (χ3n) is 5.46. The lowest BCUT2D eigenvalue weighted by Gasteiger charge is -2.36. The predicted molar refractivity (Wildman–Crippen MR) is 141 cm³/mol. The van der Waals surface area contributed by atoms with Crippen LogP contribution in [0.5, 0.6) is 17.2 Å². The van der Waals surface area contributed by atoms with Gasteiger partial charge < -0.3 is 19.3 Å². The Morgan fingerprint density at radius 3 is 1.62 bits per heavy atom. The zero-order valence-corrected chi connectivity index (χ0v) is 20.7. The van der Waals surface area contributed by atoms with Gasteiger partial charge in [-0.15, -0.1) is 0 Å². The number of methoxy groups -OCH3 is 2. The standard InChI is InChI=1S/C27H22N2O7S/c1-34-20-11-5-18(6-12-20)28-25(32)23(15-17-3-9-22(10-4-17)36-16-24(30)31)26(33)29(27(28)37)19-7-13-21(35-2)14-8-19/h3-15H,16H2,1-2H3,(H,30,31). The van der Waals surface area contributed by atoms with E-state index in [9.17, 15) is 14.4 Å². The smallest absolute Gasteiger partial charge is 0.341 e. The van der Waals surface area contributed by atoms with Crippen molar-refractivity contribution < 1.29 is 33.7 Å². The van der Waals surface area contributed by atoms with E-state index in [4.69, 9.17) is 31.5 Å². The van der Waals surface area contributed by atoms with Gasteiger partial charge in [0, 0.05) is 0 Å². The molecule has 1 N–H and O–H groups in total. The maximum atomic E-state index is 13.6. The molecule has 2 amide bonds. The Kier molecular flexibility index (Phi) is 7.49. The first kappa shape index (κ1) is 25.4. The van der Waals surface area contributed by atoms with Gasteiger partial charge in [0.15, 0.2) is 11.7 Å². The van der Waals surface area contributed by atoms with Crippen molar-refractivity contribution in [3.8, 4) is 17.2 Å². The van der Waals surface area contributed by atoms with Crippen molar-refractivity contribution >= 4 is 52.6 Å². The van der Waals surface area contributed by atoms with Crippen molar-refractivity contribution in [1.29, 1.82) is 0 Å². The molecule has 0 spiro atoms. The van der Waals surface area contributed by atoms with Gasteiger partial charge in [-0.2, -0.15) is 0 Å². The zero-order chi connectivity index (χ0) is 26.5. The summed E-state index contributed by atoms with van der Waals surface area (Å²) in [6.45, 7) is -0.484. The summed E-state index contributed by atoms with van der Waals surface area (Å²) >= 11 is 5.63. The molecular weight excluding hydrogens is 496 g/mol. The molecule has 3 aromatic rings. The molecule has 1 aliphatic heterocycles. The van der Waals surface area contributed by atoms with Crippen LogP contribution in [0.15, 0.2) is 78.4 Å². The second-order valence-corrected chi connectivity index (χ2v) is 8.13. The fourth-order valence-corrected chi connectivity index (χ4v) is 4.00. The molecule has 37 heavy (non-hydrogen) atoms. The number of anilines is 2. The van der Waals surface area contributed by atoms with Crippen molar-refractivity contribution in [2.45, 2.75) is 0 Å². The Hall–Kier alpha value is -4.70. The second kappa shape index (κ2) is 10.9. The average molecular weight is 519 g/mol. The van der Waals surface area contributed by atoms with E-state index in [0.717, 1.165) is 0 Å². The first-order valence-corrected chi connectivity index (χ1v) is 11.4. The van der Waals surface area contributed by atoms with Crippen molar-refractivity contribution in [2.24, 2.45) is 0 Å². The van der Waals surface area contributed by atoms with Crippen LogP contribution in [0, 0.1) is 0 Å². The van der Waals surface area contributed by atoms with E-state index in [1.807, 2.05) is 0 Å². The third-order valence-corrected chi connectivity index (χ3v) is 5.83. The number of carboxylic acids is 1. The molecular formula is C27H22N2O7S. The molecule has 0 radical (unpaired) electrons. The lowest BCUT2D eigenvalue weighted by Crippen LogP contribution is -2.56. The minimum Gasteiger partial charge on any atom is -0.497 e. The lowest BCUT2D eigenvalue weighted by atomic mass is 10.0. The number of nitrogens with zero attached hydrogens (tertiary/aromatic N) is 2. The first-order valence-electron chi connectivity index (χ1n) is 11.0. The fraction of sp³-hybridized carbons (Fsp3) is 0.111. The maximum absolute atomic E-state index is 13.6. The Morgan fingerprint density at radius 2 is 1.22 bits per heavy atom. The zero-order valence-electron chi connectivity index (χ0n) is 19.9. The number of carboxylic acid groups (broad SMARTS) is 1. The van der Waals surface area contributed by atoms with E-state index in [1.165, 1.54) is 30.1 Å². The molecule has 0 bridgehead atoms. The van der Waals surface area contributed by atoms with Crippen molar-refractivity contribution in [3.63, 3.8) is 0 Å². The Balaban J connectivity index is 1.75. The van der Waals surface area contributed by atoms with Gasteiger partial charge in [-0.05, 0) is 84.5 Å². The summed E-state index contributed by atoms with van der Waals surface area (Å²) in [5.74, 6) is -0.733. The second-order valence-electron chi connectivity index (χ2n) is 7.77. The molecule has 0 saturated carbocycles. The Bertz CT molecular complexity index is 1300. The van der Waals surface area contributed by atoms with Crippen molar-refractivity contribution in [3.05, 3.63) is 83.9 Å². The highest BCUT2D eigenvalue weighted by Gasteiger charge is 2.41. The number of carbonyl (C=O) groups is 3. The number of hydrogen-bond acceptors (Lipinski definition) is 7. The SMILES string of the molecule is COc1ccc(N2C(=O)C(=Cc3ccc(OCC(=O)O)cc3)C(=O)N(c3ccc(OC)cc3)C2=S)cc1. The van der Waals surface area contributed by atoms with Gasteiger partial charge in [-0.1, -0.05) is 12.1 Å². The summed E-state index contributed by atoms with van der Waals surface area (Å²) in [5.41, 5.74) is 1.35. The molecule has 1 aliphatic rings. The van der Waals surface area contributed by atoms with E-state index in [-0.39, 0.29) is 10.7 Å². The number of amides is 2. The van der Waals surface area contributed by atoms with Gasteiger partial charge in [-0.25, -0.2) is 4.79 Å². The molecule has 10 heteroatoms. The number of carbonyl (C=O) groups excluding carboxylic acids is 2. The topological polar surface area (TPSA) is 106 Å². The number of aliphatic carboxylic acids is 1. The molecule has 1 fully saturated rings. The summed E-state index contributed by atoms with van der Waals surface area (Å²) in [5, 5.41) is 8.78. The minimum absolute atomic E-state index is 0.0000905. The number of benzene rings is 3. The summed E-state index contributed by atoms with van der Waals surface area (Å²) in [6, 6.07) is 19.8. The summed E-state index contributed by atoms with van der Waals surface area (Å²) in [7, 11) is 3.07. The van der Waals surface area contributed by atoms with E-state index < -0.39 is 24.4 Å². The molecule has 1 heterocycles. The monoisotopic (exact) mass is 518 g/mol. The van der Waals surface area contributed by atoms with Crippen molar-refractivity contribution in [1.82, 2.24) is 0 Å². The third kappa shape index (κ3) is 5.44. The van der Waals surface area contributed by atoms with Gasteiger partial charge in [0.2, 0.25) is 0 Å². The van der Waals surface area contributed by atoms with E-state index >= 15 is 0 Å². The number of rotatable bonds is 8. The first-order chi connectivity index (χ1) is 17.8. The van der Waals surface area contributed by atoms with E-state index in [0.29, 0.717) is 34.2 Å². The van der Waals surface area contributed by atoms with Crippen LogP contribution in [-0.4, -0.2) is 48.8 Å². The van der Waals surface area contributed by atoms with Crippen LogP contribution in [0.2, 0.25) is 0 Å². The number of ether oxygens (including phenoxy) is 3. The Labute approximate surface area is 218 Å². The van der Waals surface area contributed by atoms with Crippen LogP contribution in [0.1, 0.15) is 5.56 Å². The molecule has 1 saturated heterocycles. The predicted octanol–water partition coefficient (Wildman–Crippen LogP) is 3.92. The summed E-state index contributed by atoms with van der Waals surface area (Å²) in [4.78, 5) is 40.5. The molecule has 0 aliphatic carbocycles. The number of hydrogen-bond donors (Lipinski definition) is 1. The van der Waals surface area contributed by atoms with Gasteiger partial charge >= 0.3 is 5.97 Å². The van der Waals surface area contributed by atoms with Gasteiger partial charge in [0.25, 0.3) is 11.8 Å². The molecule has 188 valence electrons. The summed E-state index contributed by atoms with van der Waals surface area (Å²) < 4.78 is 15.6. The highest BCUT2D eigenvalue weighted by Crippen LogP contribution is 2.31. The molecule has 4 rings (SSSR count). The minimum atomic E-state index is -1.10. The lowest BCUT2D eigenvalue weighted by molar-refractivity contribution is -0.139. The normalized spacial score (nSPS) is 13.5. The number of thiocarbonyl (C=S) groups is 1. The van der Waals surface area contributed by atoms with E-state index in [1.54, 1.807) is 72.8 Å². The summed E-state index contributed by atoms with van der Waals surface area (Å²) in [6.07, 6.45) is 1.46. The van der Waals surface area contributed by atoms with Crippen LogP contribution < -0.4 is 24.0 Å². The van der Waals surface area contributed by atoms with Crippen molar-refractivity contribution in [2.75, 3.05) is 30.6 Å². The molecule has 3 aromatic carbocycles. The Morgan fingerprint density at radius 1 is 0.784 bits per heavy atom. The van der Waals surface area contributed by atoms with Gasteiger partial charge in [0.1, 0.15) is 22.8 Å². The van der Waals surface area contributed by atoms with Gasteiger partial charge in [-0.3, -0.25) is 19.4 Å².